The van der Waals surface area contributed by atoms with Crippen LogP contribution in [0.1, 0.15) is 35.3 Å². The fourth-order valence-corrected chi connectivity index (χ4v) is 1.79. The zero-order valence-corrected chi connectivity index (χ0v) is 8.19. The van der Waals surface area contributed by atoms with Gasteiger partial charge in [-0.05, 0) is 12.1 Å². The highest BCUT2D eigenvalue weighted by Gasteiger charge is 2.49. The van der Waals surface area contributed by atoms with Gasteiger partial charge in [0.2, 0.25) is 11.7 Å². The number of aromatic carboxylic acids is 1. The highest BCUT2D eigenvalue weighted by Crippen LogP contribution is 2.48. The largest absolute Gasteiger partial charge is 0.475 e. The maximum atomic E-state index is 12.6. The topological polar surface area (TPSA) is 70.7 Å². The molecule has 1 unspecified atom stereocenters. The van der Waals surface area contributed by atoms with Gasteiger partial charge in [0.1, 0.15) is 11.9 Å². The second kappa shape index (κ2) is 3.55. The van der Waals surface area contributed by atoms with Crippen molar-refractivity contribution < 1.29 is 28.2 Å². The summed E-state index contributed by atoms with van der Waals surface area (Å²) in [5.41, 5.74) is 0. The van der Waals surface area contributed by atoms with Crippen molar-refractivity contribution in [1.82, 2.24) is 0 Å². The van der Waals surface area contributed by atoms with Crippen LogP contribution in [-0.2, 0) is 0 Å². The van der Waals surface area contributed by atoms with Crippen molar-refractivity contribution in [2.45, 2.75) is 24.9 Å². The van der Waals surface area contributed by atoms with Crippen LogP contribution in [0.15, 0.2) is 16.5 Å². The lowest BCUT2D eigenvalue weighted by Crippen LogP contribution is -2.38. The summed E-state index contributed by atoms with van der Waals surface area (Å²) < 4.78 is 30.0. The van der Waals surface area contributed by atoms with Crippen LogP contribution >= 0.6 is 0 Å². The summed E-state index contributed by atoms with van der Waals surface area (Å²) >= 11 is 0. The predicted molar refractivity (Wildman–Crippen MR) is 48.3 cm³/mol. The smallest absolute Gasteiger partial charge is 0.371 e. The van der Waals surface area contributed by atoms with E-state index >= 15 is 0 Å². The van der Waals surface area contributed by atoms with Crippen LogP contribution in [0.5, 0.6) is 0 Å². The van der Waals surface area contributed by atoms with Crippen molar-refractivity contribution in [1.29, 1.82) is 0 Å². The molecule has 2 N–H and O–H groups in total. The van der Waals surface area contributed by atoms with Gasteiger partial charge >= 0.3 is 5.97 Å². The molecule has 2 rings (SSSR count). The number of hydrogen-bond donors (Lipinski definition) is 2. The molecule has 1 heterocycles. The summed E-state index contributed by atoms with van der Waals surface area (Å²) in [4.78, 5) is 10.5. The van der Waals surface area contributed by atoms with Gasteiger partial charge in [-0.3, -0.25) is 0 Å². The van der Waals surface area contributed by atoms with Crippen LogP contribution in [0.2, 0.25) is 0 Å². The molecule has 0 radical (unpaired) electrons. The monoisotopic (exact) mass is 232 g/mol. The molecule has 4 nitrogen and oxygen atoms in total. The van der Waals surface area contributed by atoms with Crippen LogP contribution in [-0.4, -0.2) is 22.1 Å². The van der Waals surface area contributed by atoms with Gasteiger partial charge in [0.15, 0.2) is 0 Å². The number of hydrogen-bond acceptors (Lipinski definition) is 3. The van der Waals surface area contributed by atoms with E-state index in [1.165, 1.54) is 12.1 Å². The fraction of sp³-hybridized carbons (Fsp3) is 0.500. The highest BCUT2D eigenvalue weighted by atomic mass is 19.3. The summed E-state index contributed by atoms with van der Waals surface area (Å²) in [7, 11) is 0. The third-order valence-corrected chi connectivity index (χ3v) is 2.70. The molecule has 1 aromatic rings. The van der Waals surface area contributed by atoms with Crippen molar-refractivity contribution in [2.75, 3.05) is 0 Å². The first-order valence-corrected chi connectivity index (χ1v) is 4.78. The molecule has 1 aromatic heterocycles. The lowest BCUT2D eigenvalue weighted by atomic mass is 9.77. The van der Waals surface area contributed by atoms with Gasteiger partial charge in [-0.1, -0.05) is 0 Å². The Hall–Kier alpha value is -1.43. The first-order valence-electron chi connectivity index (χ1n) is 4.78. The van der Waals surface area contributed by atoms with Crippen molar-refractivity contribution in [3.63, 3.8) is 0 Å². The Morgan fingerprint density at radius 1 is 1.50 bits per heavy atom. The summed E-state index contributed by atoms with van der Waals surface area (Å²) in [6, 6.07) is 2.49. The van der Waals surface area contributed by atoms with E-state index in [0.717, 1.165) is 0 Å². The highest BCUT2D eigenvalue weighted by molar-refractivity contribution is 5.84. The molecule has 1 fully saturated rings. The Morgan fingerprint density at radius 3 is 2.56 bits per heavy atom. The number of aliphatic hydroxyl groups is 1. The fourth-order valence-electron chi connectivity index (χ4n) is 1.79. The normalized spacial score (nSPS) is 21.4. The molecule has 0 amide bonds. The van der Waals surface area contributed by atoms with E-state index in [1.807, 2.05) is 0 Å². The molecule has 1 saturated carbocycles. The van der Waals surface area contributed by atoms with Gasteiger partial charge in [-0.2, -0.15) is 0 Å². The first kappa shape index (κ1) is 11.1. The first-order chi connectivity index (χ1) is 7.39. The van der Waals surface area contributed by atoms with Crippen LogP contribution in [0.4, 0.5) is 8.78 Å². The van der Waals surface area contributed by atoms with E-state index in [2.05, 4.69) is 0 Å². The van der Waals surface area contributed by atoms with E-state index in [1.54, 1.807) is 0 Å². The Labute approximate surface area is 89.5 Å². The molecular weight excluding hydrogens is 222 g/mol. The van der Waals surface area contributed by atoms with E-state index in [-0.39, 0.29) is 11.5 Å². The zero-order chi connectivity index (χ0) is 11.9. The van der Waals surface area contributed by atoms with E-state index in [9.17, 15) is 18.7 Å². The number of rotatable bonds is 3. The maximum absolute atomic E-state index is 12.6. The second-order valence-electron chi connectivity index (χ2n) is 3.98. The molecule has 0 saturated heterocycles. The average molecular weight is 232 g/mol. The van der Waals surface area contributed by atoms with Crippen molar-refractivity contribution in [2.24, 2.45) is 5.92 Å². The number of furan rings is 1. The minimum absolute atomic E-state index is 0.0258. The number of carbonyl (C=O) groups is 1. The summed E-state index contributed by atoms with van der Waals surface area (Å²) in [5.74, 6) is -4.81. The van der Waals surface area contributed by atoms with Crippen molar-refractivity contribution >= 4 is 5.97 Å². The average Bonchev–Trinajstić information content (AvgIpc) is 2.61. The third kappa shape index (κ3) is 1.92. The van der Waals surface area contributed by atoms with Gasteiger partial charge < -0.3 is 14.6 Å². The Bertz CT molecular complexity index is 405. The van der Waals surface area contributed by atoms with Gasteiger partial charge in [0, 0.05) is 18.8 Å². The standard InChI is InChI=1S/C10H10F2O4/c11-10(12)3-5(4-10)8(13)6-1-2-7(16-6)9(14)15/h1-2,5,8,13H,3-4H2,(H,14,15). The predicted octanol–water partition coefficient (Wildman–Crippen LogP) is 2.06. The lowest BCUT2D eigenvalue weighted by Gasteiger charge is -2.37. The molecule has 1 aliphatic rings. The minimum atomic E-state index is -2.71. The van der Waals surface area contributed by atoms with Crippen LogP contribution < -0.4 is 0 Å². The minimum Gasteiger partial charge on any atom is -0.475 e. The molecule has 0 aromatic carbocycles. The Morgan fingerprint density at radius 2 is 2.12 bits per heavy atom. The number of aliphatic hydroxyl groups excluding tert-OH is 1. The second-order valence-corrected chi connectivity index (χ2v) is 3.98. The number of alkyl halides is 2. The molecule has 0 bridgehead atoms. The number of carboxylic acid groups (broad SMARTS) is 1. The molecule has 16 heavy (non-hydrogen) atoms. The van der Waals surface area contributed by atoms with Gasteiger partial charge in [-0.25, -0.2) is 13.6 Å². The quantitative estimate of drug-likeness (QED) is 0.836. The lowest BCUT2D eigenvalue weighted by molar-refractivity contribution is -0.145. The summed E-state index contributed by atoms with van der Waals surface area (Å²) in [6.45, 7) is 0. The van der Waals surface area contributed by atoms with Gasteiger partial charge in [0.25, 0.3) is 0 Å². The zero-order valence-electron chi connectivity index (χ0n) is 8.19. The molecule has 0 spiro atoms. The van der Waals surface area contributed by atoms with Gasteiger partial charge in [0.05, 0.1) is 0 Å². The van der Waals surface area contributed by atoms with Crippen LogP contribution in [0, 0.1) is 5.92 Å². The maximum Gasteiger partial charge on any atom is 0.371 e. The number of halogens is 2. The van der Waals surface area contributed by atoms with Crippen LogP contribution in [0.25, 0.3) is 0 Å². The number of carboxylic acids is 1. The third-order valence-electron chi connectivity index (χ3n) is 2.70. The Kier molecular flexibility index (Phi) is 2.46. The van der Waals surface area contributed by atoms with E-state index < -0.39 is 36.8 Å². The summed E-state index contributed by atoms with van der Waals surface area (Å²) in [5, 5.41) is 18.2. The van der Waals surface area contributed by atoms with E-state index in [4.69, 9.17) is 9.52 Å². The van der Waals surface area contributed by atoms with Crippen molar-refractivity contribution in [3.8, 4) is 0 Å². The molecule has 1 atom stereocenters. The molecule has 0 aliphatic heterocycles. The van der Waals surface area contributed by atoms with Gasteiger partial charge in [-0.15, -0.1) is 0 Å². The van der Waals surface area contributed by atoms with Crippen LogP contribution in [0.3, 0.4) is 0 Å². The molecule has 6 heteroatoms. The van der Waals surface area contributed by atoms with Crippen molar-refractivity contribution in [3.05, 3.63) is 23.7 Å². The van der Waals surface area contributed by atoms with E-state index in [0.29, 0.717) is 0 Å². The molecule has 1 aliphatic carbocycles. The SMILES string of the molecule is O=C(O)c1ccc(C(O)C2CC(F)(F)C2)o1. The molecule has 88 valence electrons. The Balaban J connectivity index is 2.04. The summed E-state index contributed by atoms with van der Waals surface area (Å²) in [6.07, 6.45) is -1.94. The molecular formula is C10H10F2O4.